The van der Waals surface area contributed by atoms with Crippen molar-refractivity contribution in [2.75, 3.05) is 21.3 Å². The molecule has 0 aliphatic heterocycles. The summed E-state index contributed by atoms with van der Waals surface area (Å²) >= 11 is 0. The van der Waals surface area contributed by atoms with E-state index in [0.717, 1.165) is 38.9 Å². The molecule has 2 aromatic carbocycles. The van der Waals surface area contributed by atoms with E-state index in [4.69, 9.17) is 14.2 Å². The third-order valence-corrected chi connectivity index (χ3v) is 5.43. The largest absolute Gasteiger partial charge is 0.497 e. The summed E-state index contributed by atoms with van der Waals surface area (Å²) in [5, 5.41) is 1.76. The van der Waals surface area contributed by atoms with Crippen molar-refractivity contribution >= 4 is 10.8 Å². The zero-order valence-corrected chi connectivity index (χ0v) is 18.0. The fourth-order valence-corrected chi connectivity index (χ4v) is 3.78. The summed E-state index contributed by atoms with van der Waals surface area (Å²) in [6.07, 6.45) is 4.05. The van der Waals surface area contributed by atoms with E-state index in [9.17, 15) is 4.79 Å². The highest BCUT2D eigenvalue weighted by molar-refractivity contribution is 5.90. The molecule has 1 N–H and O–H groups in total. The number of methoxy groups -OCH3 is 3. The van der Waals surface area contributed by atoms with Crippen LogP contribution in [0.15, 0.2) is 59.7 Å². The molecule has 2 aromatic heterocycles. The highest BCUT2D eigenvalue weighted by Crippen LogP contribution is 2.34. The normalized spacial score (nSPS) is 10.5. The summed E-state index contributed by atoms with van der Waals surface area (Å²) in [5.41, 5.74) is 4.28. The number of ether oxygens (including phenoxy) is 3. The molecule has 0 spiro atoms. The average Bonchev–Trinajstić information content (AvgIpc) is 2.81. The smallest absolute Gasteiger partial charge is 0.252 e. The summed E-state index contributed by atoms with van der Waals surface area (Å²) in [6, 6.07) is 13.6. The van der Waals surface area contributed by atoms with Crippen molar-refractivity contribution in [2.45, 2.75) is 20.8 Å². The molecule has 166 valence electrons. The topological polar surface area (TPSA) is 73.4 Å². The molecule has 6 nitrogen and oxygen atoms in total. The van der Waals surface area contributed by atoms with Crippen molar-refractivity contribution in [3.63, 3.8) is 0 Å². The second kappa shape index (κ2) is 9.56. The van der Waals surface area contributed by atoms with Crippen LogP contribution in [0.1, 0.15) is 24.2 Å². The lowest BCUT2D eigenvalue weighted by molar-refractivity contribution is 0.356. The summed E-state index contributed by atoms with van der Waals surface area (Å²) in [6.45, 7) is 1.88. The highest BCUT2D eigenvalue weighted by Gasteiger charge is 2.15. The number of aromatic nitrogens is 2. The van der Waals surface area contributed by atoms with Crippen LogP contribution in [0.2, 0.25) is 0 Å². The maximum atomic E-state index is 12.9. The van der Waals surface area contributed by atoms with Crippen LogP contribution in [0.3, 0.4) is 0 Å². The minimum atomic E-state index is -0.118. The van der Waals surface area contributed by atoms with E-state index in [0.29, 0.717) is 23.5 Å². The zero-order chi connectivity index (χ0) is 22.0. The number of aryl methyl sites for hydroxylation is 1. The Labute approximate surface area is 187 Å². The molecule has 0 radical (unpaired) electrons. The zero-order valence-electron chi connectivity index (χ0n) is 18.0. The first-order chi connectivity index (χ1) is 15.0. The Morgan fingerprint density at radius 2 is 1.50 bits per heavy atom. The Bertz CT molecular complexity index is 1290. The third kappa shape index (κ3) is 4.30. The van der Waals surface area contributed by atoms with Gasteiger partial charge in [-0.15, -0.1) is 0 Å². The number of nitrogens with zero attached hydrogens (tertiary/aromatic N) is 1. The lowest BCUT2D eigenvalue weighted by atomic mass is 9.97. The minimum Gasteiger partial charge on any atom is -0.497 e. The van der Waals surface area contributed by atoms with Crippen LogP contribution in [-0.2, 0) is 6.42 Å². The molecule has 32 heavy (non-hydrogen) atoms. The van der Waals surface area contributed by atoms with Gasteiger partial charge in [0.1, 0.15) is 5.75 Å². The van der Waals surface area contributed by atoms with Crippen LogP contribution in [0.5, 0.6) is 17.2 Å². The van der Waals surface area contributed by atoms with Gasteiger partial charge in [0.2, 0.25) is 0 Å². The third-order valence-electron chi connectivity index (χ3n) is 5.43. The van der Waals surface area contributed by atoms with Crippen LogP contribution in [0.4, 0.5) is 0 Å². The number of fused-ring (bicyclic) bond motifs is 1. The molecule has 0 unspecified atom stereocenters. The molecular weight excluding hydrogens is 404 g/mol. The van der Waals surface area contributed by atoms with Crippen molar-refractivity contribution in [1.29, 1.82) is 0 Å². The first kappa shape index (κ1) is 22.9. The molecule has 0 aliphatic carbocycles. The van der Waals surface area contributed by atoms with Crippen LogP contribution in [0, 0.1) is 6.92 Å². The summed E-state index contributed by atoms with van der Waals surface area (Å²) in [7, 11) is 4.83. The molecule has 0 bridgehead atoms. The SMILES string of the molecule is C.COc1ccc(-c2cncc(Cc3c(=O)[nH]c(C)c4cc(OC)c(OC)cc34)c2)cc1. The predicted octanol–water partition coefficient (Wildman–Crippen LogP) is 5.15. The Hall–Kier alpha value is -3.80. The van der Waals surface area contributed by atoms with E-state index < -0.39 is 0 Å². The van der Waals surface area contributed by atoms with Gasteiger partial charge in [-0.05, 0) is 53.8 Å². The monoisotopic (exact) mass is 432 g/mol. The predicted molar refractivity (Wildman–Crippen MR) is 128 cm³/mol. The average molecular weight is 433 g/mol. The number of nitrogens with one attached hydrogen (secondary N) is 1. The maximum absolute atomic E-state index is 12.9. The molecule has 4 rings (SSSR count). The first-order valence-electron chi connectivity index (χ1n) is 9.90. The van der Waals surface area contributed by atoms with E-state index in [-0.39, 0.29) is 13.0 Å². The number of pyridine rings is 2. The first-order valence-corrected chi connectivity index (χ1v) is 9.90. The summed E-state index contributed by atoms with van der Waals surface area (Å²) in [4.78, 5) is 20.2. The van der Waals surface area contributed by atoms with Gasteiger partial charge in [-0.1, -0.05) is 19.6 Å². The van der Waals surface area contributed by atoms with Gasteiger partial charge in [-0.2, -0.15) is 0 Å². The highest BCUT2D eigenvalue weighted by atomic mass is 16.5. The molecule has 0 aliphatic rings. The lowest BCUT2D eigenvalue weighted by Crippen LogP contribution is -2.15. The molecule has 2 heterocycles. The number of aromatic amines is 1. The molecule has 4 aromatic rings. The molecule has 0 fully saturated rings. The molecule has 0 amide bonds. The van der Waals surface area contributed by atoms with Crippen molar-refractivity contribution < 1.29 is 14.2 Å². The van der Waals surface area contributed by atoms with Gasteiger partial charge in [0.25, 0.3) is 5.56 Å². The van der Waals surface area contributed by atoms with Crippen LogP contribution in [-0.4, -0.2) is 31.3 Å². The number of hydrogen-bond acceptors (Lipinski definition) is 5. The fraction of sp³-hybridized carbons (Fsp3) is 0.231. The maximum Gasteiger partial charge on any atom is 0.252 e. The van der Waals surface area contributed by atoms with Crippen molar-refractivity contribution in [3.05, 3.63) is 82.0 Å². The van der Waals surface area contributed by atoms with E-state index in [1.807, 2.05) is 49.5 Å². The van der Waals surface area contributed by atoms with Gasteiger partial charge < -0.3 is 19.2 Å². The fourth-order valence-electron chi connectivity index (χ4n) is 3.78. The number of hydrogen-bond donors (Lipinski definition) is 1. The van der Waals surface area contributed by atoms with Gasteiger partial charge >= 0.3 is 0 Å². The van der Waals surface area contributed by atoms with Crippen molar-refractivity contribution in [2.24, 2.45) is 0 Å². The number of H-pyrrole nitrogens is 1. The quantitative estimate of drug-likeness (QED) is 0.456. The molecule has 0 atom stereocenters. The van der Waals surface area contributed by atoms with Crippen LogP contribution < -0.4 is 19.8 Å². The van der Waals surface area contributed by atoms with E-state index >= 15 is 0 Å². The van der Waals surface area contributed by atoms with Gasteiger partial charge in [0.15, 0.2) is 11.5 Å². The van der Waals surface area contributed by atoms with Crippen LogP contribution >= 0.6 is 0 Å². The van der Waals surface area contributed by atoms with Gasteiger partial charge in [-0.3, -0.25) is 9.78 Å². The minimum absolute atomic E-state index is 0. The molecule has 0 saturated heterocycles. The van der Waals surface area contributed by atoms with Crippen molar-refractivity contribution in [1.82, 2.24) is 9.97 Å². The number of benzene rings is 2. The van der Waals surface area contributed by atoms with Gasteiger partial charge in [-0.25, -0.2) is 0 Å². The second-order valence-electron chi connectivity index (χ2n) is 7.30. The Morgan fingerprint density at radius 3 is 2.12 bits per heavy atom. The molecular formula is C26H28N2O4. The van der Waals surface area contributed by atoms with E-state index in [2.05, 4.69) is 16.0 Å². The lowest BCUT2D eigenvalue weighted by Gasteiger charge is -2.14. The van der Waals surface area contributed by atoms with Crippen molar-refractivity contribution in [3.8, 4) is 28.4 Å². The summed E-state index contributed by atoms with van der Waals surface area (Å²) in [5.74, 6) is 2.01. The summed E-state index contributed by atoms with van der Waals surface area (Å²) < 4.78 is 16.1. The Kier molecular flexibility index (Phi) is 6.83. The van der Waals surface area contributed by atoms with Gasteiger partial charge in [0, 0.05) is 41.0 Å². The number of rotatable bonds is 6. The van der Waals surface area contributed by atoms with Crippen LogP contribution in [0.25, 0.3) is 21.9 Å². The Balaban J connectivity index is 0.00000289. The standard InChI is InChI=1S/C25H24N2O4.CH4/c1-15-20-11-23(30-3)24(31-4)12-21(20)22(25(28)27-15)10-16-9-18(14-26-13-16)17-5-7-19(29-2)8-6-17;/h5-9,11-14H,10H2,1-4H3,(H,27,28);1H4. The molecule has 6 heteroatoms. The van der Waals surface area contributed by atoms with E-state index in [1.165, 1.54) is 0 Å². The second-order valence-corrected chi connectivity index (χ2v) is 7.30. The molecule has 0 saturated carbocycles. The van der Waals surface area contributed by atoms with Gasteiger partial charge in [0.05, 0.1) is 21.3 Å². The Morgan fingerprint density at radius 1 is 0.844 bits per heavy atom. The van der Waals surface area contributed by atoms with E-state index in [1.54, 1.807) is 27.5 Å².